The molecule has 0 atom stereocenters. The number of hydrogen-bond donors (Lipinski definition) is 1. The lowest BCUT2D eigenvalue weighted by Crippen LogP contribution is -2.01. The van der Waals surface area contributed by atoms with E-state index in [1.54, 1.807) is 12.1 Å². The van der Waals surface area contributed by atoms with Crippen LogP contribution in [0.2, 0.25) is 0 Å². The molecule has 5 heteroatoms. The van der Waals surface area contributed by atoms with Gasteiger partial charge in [0.2, 0.25) is 0 Å². The lowest BCUT2D eigenvalue weighted by Gasteiger charge is -1.70. The average molecular weight is 151 g/mol. The predicted molar refractivity (Wildman–Crippen MR) is 34.4 cm³/mol. The molecule has 0 aromatic carbocycles. The number of rotatable bonds is 0. The van der Waals surface area contributed by atoms with Crippen molar-refractivity contribution in [2.45, 2.75) is 0 Å². The van der Waals surface area contributed by atoms with Crippen LogP contribution >= 0.6 is 11.5 Å². The molecule has 0 radical (unpaired) electrons. The Kier molecular flexibility index (Phi) is 1.53. The molecule has 0 bridgehead atoms. The maximum atomic E-state index is 10.6. The van der Waals surface area contributed by atoms with Gasteiger partial charge in [0, 0.05) is 0 Å². The molecule has 1 aromatic rings. The third-order valence-corrected chi connectivity index (χ3v) is 1.70. The summed E-state index contributed by atoms with van der Waals surface area (Å²) >= 11 is 0.880. The Morgan fingerprint density at radius 1 is 1.40 bits per heavy atom. The van der Waals surface area contributed by atoms with Crippen LogP contribution in [-0.2, 0) is 0 Å². The Balaban J connectivity index is 3.49. The minimum absolute atomic E-state index is 0.0903. The SMILES string of the molecule is N#Cc1s[nH]c(=O)c1C#N. The number of nitrogens with one attached hydrogen (secondary N) is 1. The van der Waals surface area contributed by atoms with Crippen molar-refractivity contribution in [1.29, 1.82) is 10.5 Å². The monoisotopic (exact) mass is 151 g/mol. The second-order valence-corrected chi connectivity index (χ2v) is 2.28. The Bertz CT molecular complexity index is 375. The molecule has 1 rings (SSSR count). The standard InChI is InChI=1S/C5HN3OS/c6-1-3-4(2-7)10-8-5(3)9/h(H,8,9). The summed E-state index contributed by atoms with van der Waals surface area (Å²) in [6.45, 7) is 0. The summed E-state index contributed by atoms with van der Waals surface area (Å²) < 4.78 is 2.28. The molecule has 4 nitrogen and oxygen atoms in total. The average Bonchev–Trinajstić information content (AvgIpc) is 2.30. The highest BCUT2D eigenvalue weighted by atomic mass is 32.1. The summed E-state index contributed by atoms with van der Waals surface area (Å²) in [5, 5.41) is 16.6. The van der Waals surface area contributed by atoms with E-state index in [-0.39, 0.29) is 10.4 Å². The molecule has 0 aliphatic heterocycles. The number of aromatic nitrogens is 1. The van der Waals surface area contributed by atoms with Crippen LogP contribution in [0.15, 0.2) is 4.79 Å². The Labute approximate surface area is 60.1 Å². The van der Waals surface area contributed by atoms with E-state index in [1.165, 1.54) is 0 Å². The maximum absolute atomic E-state index is 10.6. The van der Waals surface area contributed by atoms with E-state index in [4.69, 9.17) is 10.5 Å². The van der Waals surface area contributed by atoms with Crippen LogP contribution in [-0.4, -0.2) is 4.37 Å². The van der Waals surface area contributed by atoms with Gasteiger partial charge in [0.15, 0.2) is 0 Å². The smallest absolute Gasteiger partial charge is 0.275 e. The first-order valence-electron chi connectivity index (χ1n) is 2.31. The summed E-state index contributed by atoms with van der Waals surface area (Å²) in [4.78, 5) is 10.8. The number of nitriles is 2. The van der Waals surface area contributed by atoms with Gasteiger partial charge in [-0.25, -0.2) is 0 Å². The first-order chi connectivity index (χ1) is 4.79. The van der Waals surface area contributed by atoms with Gasteiger partial charge in [-0.1, -0.05) is 0 Å². The number of nitrogens with zero attached hydrogens (tertiary/aromatic N) is 2. The van der Waals surface area contributed by atoms with Gasteiger partial charge in [0.05, 0.1) is 0 Å². The van der Waals surface area contributed by atoms with Gasteiger partial charge in [-0.2, -0.15) is 10.5 Å². The van der Waals surface area contributed by atoms with Crippen molar-refractivity contribution in [2.75, 3.05) is 0 Å². The molecular formula is C5HN3OS. The second kappa shape index (κ2) is 2.34. The van der Waals surface area contributed by atoms with Crippen molar-refractivity contribution in [1.82, 2.24) is 4.37 Å². The summed E-state index contributed by atoms with van der Waals surface area (Å²) in [6, 6.07) is 3.37. The molecule has 1 N–H and O–H groups in total. The van der Waals surface area contributed by atoms with E-state index in [1.807, 2.05) is 0 Å². The zero-order chi connectivity index (χ0) is 7.56. The molecule has 0 aliphatic rings. The quantitative estimate of drug-likeness (QED) is 0.574. The lowest BCUT2D eigenvalue weighted by molar-refractivity contribution is 1.37. The Hall–Kier alpha value is -1.59. The minimum atomic E-state index is -0.482. The summed E-state index contributed by atoms with van der Waals surface area (Å²) in [5.41, 5.74) is -0.573. The van der Waals surface area contributed by atoms with Crippen molar-refractivity contribution in [3.8, 4) is 12.1 Å². The third-order valence-electron chi connectivity index (χ3n) is 0.913. The second-order valence-electron chi connectivity index (χ2n) is 1.46. The van der Waals surface area contributed by atoms with Crippen molar-refractivity contribution >= 4 is 11.5 Å². The molecular weight excluding hydrogens is 150 g/mol. The van der Waals surface area contributed by atoms with E-state index < -0.39 is 5.56 Å². The largest absolute Gasteiger partial charge is 0.277 e. The van der Waals surface area contributed by atoms with E-state index in [2.05, 4.69) is 4.37 Å². The molecule has 0 fully saturated rings. The third kappa shape index (κ3) is 0.790. The molecule has 10 heavy (non-hydrogen) atoms. The van der Waals surface area contributed by atoms with Crippen LogP contribution in [0, 0.1) is 22.7 Å². The summed E-state index contributed by atoms with van der Waals surface area (Å²) in [5.74, 6) is 0. The highest BCUT2D eigenvalue weighted by molar-refractivity contribution is 7.06. The van der Waals surface area contributed by atoms with Crippen LogP contribution in [0.1, 0.15) is 10.4 Å². The fraction of sp³-hybridized carbons (Fsp3) is 0. The highest BCUT2D eigenvalue weighted by Crippen LogP contribution is 2.04. The van der Waals surface area contributed by atoms with Gasteiger partial charge in [-0.15, -0.1) is 0 Å². The van der Waals surface area contributed by atoms with Gasteiger partial charge < -0.3 is 0 Å². The molecule has 0 spiro atoms. The Morgan fingerprint density at radius 3 is 2.50 bits per heavy atom. The highest BCUT2D eigenvalue weighted by Gasteiger charge is 2.07. The minimum Gasteiger partial charge on any atom is -0.275 e. The molecule has 0 aliphatic carbocycles. The van der Waals surface area contributed by atoms with Crippen LogP contribution in [0.4, 0.5) is 0 Å². The van der Waals surface area contributed by atoms with E-state index >= 15 is 0 Å². The molecule has 48 valence electrons. The summed E-state index contributed by atoms with van der Waals surface area (Å²) in [6.07, 6.45) is 0. The number of H-pyrrole nitrogens is 1. The van der Waals surface area contributed by atoms with Gasteiger partial charge >= 0.3 is 0 Å². The molecule has 0 amide bonds. The molecule has 0 unspecified atom stereocenters. The fourth-order valence-electron chi connectivity index (χ4n) is 0.483. The van der Waals surface area contributed by atoms with Crippen LogP contribution in [0.3, 0.4) is 0 Å². The van der Waals surface area contributed by atoms with E-state index in [0.717, 1.165) is 11.5 Å². The van der Waals surface area contributed by atoms with Crippen LogP contribution in [0.25, 0.3) is 0 Å². The van der Waals surface area contributed by atoms with Crippen LogP contribution < -0.4 is 5.56 Å². The molecule has 0 saturated heterocycles. The van der Waals surface area contributed by atoms with E-state index in [9.17, 15) is 4.79 Å². The van der Waals surface area contributed by atoms with Crippen molar-refractivity contribution < 1.29 is 0 Å². The lowest BCUT2D eigenvalue weighted by atomic mass is 10.3. The zero-order valence-electron chi connectivity index (χ0n) is 4.71. The van der Waals surface area contributed by atoms with Gasteiger partial charge in [0.1, 0.15) is 22.6 Å². The predicted octanol–water partition coefficient (Wildman–Crippen LogP) is 0.180. The molecule has 1 heterocycles. The van der Waals surface area contributed by atoms with Crippen molar-refractivity contribution in [2.24, 2.45) is 0 Å². The number of hydrogen-bond acceptors (Lipinski definition) is 4. The maximum Gasteiger partial charge on any atom is 0.277 e. The number of aromatic amines is 1. The van der Waals surface area contributed by atoms with Gasteiger partial charge in [-0.3, -0.25) is 9.17 Å². The molecule has 1 aromatic heterocycles. The van der Waals surface area contributed by atoms with Gasteiger partial charge in [-0.05, 0) is 11.5 Å². The normalized spacial score (nSPS) is 8.20. The molecule has 0 saturated carbocycles. The summed E-state index contributed by atoms with van der Waals surface area (Å²) in [7, 11) is 0. The van der Waals surface area contributed by atoms with E-state index in [0.29, 0.717) is 0 Å². The van der Waals surface area contributed by atoms with Crippen molar-refractivity contribution in [3.05, 3.63) is 20.8 Å². The Morgan fingerprint density at radius 2 is 2.10 bits per heavy atom. The first kappa shape index (κ1) is 6.53. The fourth-order valence-corrected chi connectivity index (χ4v) is 1.07. The first-order valence-corrected chi connectivity index (χ1v) is 3.13. The van der Waals surface area contributed by atoms with Gasteiger partial charge in [0.25, 0.3) is 5.56 Å². The zero-order valence-corrected chi connectivity index (χ0v) is 5.53. The van der Waals surface area contributed by atoms with Crippen LogP contribution in [0.5, 0.6) is 0 Å². The van der Waals surface area contributed by atoms with Crippen molar-refractivity contribution in [3.63, 3.8) is 0 Å². The topological polar surface area (TPSA) is 80.4 Å².